The van der Waals surface area contributed by atoms with Gasteiger partial charge in [0.25, 0.3) is 0 Å². The van der Waals surface area contributed by atoms with Gasteiger partial charge in [-0.15, -0.1) is 11.3 Å². The monoisotopic (exact) mass is 304 g/mol. The molecule has 21 heavy (non-hydrogen) atoms. The van der Waals surface area contributed by atoms with Crippen molar-refractivity contribution in [3.05, 3.63) is 47.5 Å². The third-order valence-corrected chi connectivity index (χ3v) is 3.64. The molecule has 0 aliphatic carbocycles. The zero-order valence-electron chi connectivity index (χ0n) is 12.1. The molecular formula is C15H20N4OS. The van der Waals surface area contributed by atoms with Crippen LogP contribution in [0.3, 0.4) is 0 Å². The molecule has 0 atom stereocenters. The molecule has 0 fully saturated rings. The van der Waals surface area contributed by atoms with Crippen molar-refractivity contribution >= 4 is 22.5 Å². The Hall–Kier alpha value is -1.92. The highest BCUT2D eigenvalue weighted by molar-refractivity contribution is 7.13. The number of hydrogen-bond acceptors (Lipinski definition) is 4. The number of anilines is 1. The molecule has 0 saturated heterocycles. The number of thiazole rings is 1. The van der Waals surface area contributed by atoms with E-state index in [0.29, 0.717) is 11.7 Å². The van der Waals surface area contributed by atoms with Crippen LogP contribution in [0.2, 0.25) is 0 Å². The summed E-state index contributed by atoms with van der Waals surface area (Å²) in [6, 6.07) is 10.2. The molecule has 1 aromatic heterocycles. The van der Waals surface area contributed by atoms with Crippen molar-refractivity contribution in [2.75, 3.05) is 25.5 Å². The van der Waals surface area contributed by atoms with Gasteiger partial charge >= 0.3 is 6.03 Å². The number of aromatic nitrogens is 1. The minimum Gasteiger partial charge on any atom is -0.338 e. The fraction of sp³-hybridized carbons (Fsp3) is 0.333. The van der Waals surface area contributed by atoms with Crippen LogP contribution >= 0.6 is 11.3 Å². The summed E-state index contributed by atoms with van der Waals surface area (Å²) in [6.07, 6.45) is 2.58. The Morgan fingerprint density at radius 3 is 2.86 bits per heavy atom. The fourth-order valence-electron chi connectivity index (χ4n) is 1.95. The number of hydrogen-bond donors (Lipinski definition) is 2. The van der Waals surface area contributed by atoms with Crippen molar-refractivity contribution in [1.29, 1.82) is 0 Å². The topological polar surface area (TPSA) is 57.3 Å². The zero-order chi connectivity index (χ0) is 14.9. The van der Waals surface area contributed by atoms with E-state index in [0.717, 1.165) is 19.5 Å². The SMILES string of the molecule is CN(CCCNC(=O)Nc1nccs1)Cc1ccccc1. The quantitative estimate of drug-likeness (QED) is 0.773. The second-order valence-electron chi connectivity index (χ2n) is 4.80. The number of benzene rings is 1. The first-order valence-corrected chi connectivity index (χ1v) is 7.79. The average molecular weight is 304 g/mol. The minimum atomic E-state index is -0.198. The van der Waals surface area contributed by atoms with E-state index in [1.807, 2.05) is 23.6 Å². The molecule has 0 unspecified atom stereocenters. The number of carbonyl (C=O) groups is 1. The van der Waals surface area contributed by atoms with E-state index in [1.165, 1.54) is 16.9 Å². The standard InChI is InChI=1S/C15H20N4OS/c1-19(12-13-6-3-2-4-7-13)10-5-8-16-14(20)18-15-17-9-11-21-15/h2-4,6-7,9,11H,5,8,10,12H2,1H3,(H2,16,17,18,20). The number of rotatable bonds is 7. The van der Waals surface area contributed by atoms with E-state index in [4.69, 9.17) is 0 Å². The smallest absolute Gasteiger partial charge is 0.321 e. The van der Waals surface area contributed by atoms with Crippen molar-refractivity contribution in [2.24, 2.45) is 0 Å². The van der Waals surface area contributed by atoms with E-state index in [-0.39, 0.29) is 6.03 Å². The van der Waals surface area contributed by atoms with Gasteiger partial charge in [-0.25, -0.2) is 9.78 Å². The predicted octanol–water partition coefficient (Wildman–Crippen LogP) is 2.79. The maximum atomic E-state index is 11.6. The summed E-state index contributed by atoms with van der Waals surface area (Å²) in [5.41, 5.74) is 1.30. The first-order chi connectivity index (χ1) is 10.2. The van der Waals surface area contributed by atoms with Crippen LogP contribution < -0.4 is 10.6 Å². The van der Waals surface area contributed by atoms with Gasteiger partial charge in [0.1, 0.15) is 0 Å². The molecule has 6 heteroatoms. The summed E-state index contributed by atoms with van der Waals surface area (Å²) in [5.74, 6) is 0. The summed E-state index contributed by atoms with van der Waals surface area (Å²) in [7, 11) is 2.09. The third kappa shape index (κ3) is 5.93. The Morgan fingerprint density at radius 2 is 2.14 bits per heavy atom. The second-order valence-corrected chi connectivity index (χ2v) is 5.69. The van der Waals surface area contributed by atoms with E-state index < -0.39 is 0 Å². The molecule has 1 heterocycles. The van der Waals surface area contributed by atoms with Crippen molar-refractivity contribution in [2.45, 2.75) is 13.0 Å². The van der Waals surface area contributed by atoms with Crippen LogP contribution in [0.25, 0.3) is 0 Å². The lowest BCUT2D eigenvalue weighted by Crippen LogP contribution is -2.31. The lowest BCUT2D eigenvalue weighted by atomic mass is 10.2. The van der Waals surface area contributed by atoms with Gasteiger partial charge in [0.05, 0.1) is 0 Å². The van der Waals surface area contributed by atoms with E-state index in [1.54, 1.807) is 6.20 Å². The predicted molar refractivity (Wildman–Crippen MR) is 86.5 cm³/mol. The highest BCUT2D eigenvalue weighted by atomic mass is 32.1. The molecule has 2 rings (SSSR count). The van der Waals surface area contributed by atoms with Gasteiger partial charge in [0.15, 0.2) is 5.13 Å². The molecule has 112 valence electrons. The highest BCUT2D eigenvalue weighted by Gasteiger charge is 2.03. The molecule has 1 aromatic carbocycles. The molecule has 0 aliphatic rings. The van der Waals surface area contributed by atoms with Crippen LogP contribution in [0.5, 0.6) is 0 Å². The Bertz CT molecular complexity index is 530. The van der Waals surface area contributed by atoms with Crippen molar-refractivity contribution in [3.8, 4) is 0 Å². The van der Waals surface area contributed by atoms with Crippen LogP contribution in [0.1, 0.15) is 12.0 Å². The Labute approximate surface area is 129 Å². The minimum absolute atomic E-state index is 0.198. The number of carbonyl (C=O) groups excluding carboxylic acids is 1. The van der Waals surface area contributed by atoms with Gasteiger partial charge in [-0.05, 0) is 25.6 Å². The molecule has 0 spiro atoms. The summed E-state index contributed by atoms with van der Waals surface area (Å²) in [4.78, 5) is 17.8. The number of amides is 2. The van der Waals surface area contributed by atoms with Crippen molar-refractivity contribution < 1.29 is 4.79 Å². The summed E-state index contributed by atoms with van der Waals surface area (Å²) in [5, 5.41) is 7.97. The van der Waals surface area contributed by atoms with Gasteiger partial charge in [-0.3, -0.25) is 5.32 Å². The Kier molecular flexibility index (Phi) is 6.18. The summed E-state index contributed by atoms with van der Waals surface area (Å²) in [6.45, 7) is 2.51. The maximum Gasteiger partial charge on any atom is 0.321 e. The van der Waals surface area contributed by atoms with Gasteiger partial charge in [0.2, 0.25) is 0 Å². The molecule has 0 bridgehead atoms. The average Bonchev–Trinajstić information content (AvgIpc) is 2.97. The third-order valence-electron chi connectivity index (χ3n) is 2.95. The van der Waals surface area contributed by atoms with Gasteiger partial charge in [-0.2, -0.15) is 0 Å². The summed E-state index contributed by atoms with van der Waals surface area (Å²) < 4.78 is 0. The van der Waals surface area contributed by atoms with Gasteiger partial charge in [0, 0.05) is 24.7 Å². The van der Waals surface area contributed by atoms with E-state index in [2.05, 4.69) is 39.7 Å². The van der Waals surface area contributed by atoms with Crippen LogP contribution in [0, 0.1) is 0 Å². The summed E-state index contributed by atoms with van der Waals surface area (Å²) >= 11 is 1.41. The van der Waals surface area contributed by atoms with Crippen LogP contribution in [-0.4, -0.2) is 36.1 Å². The number of urea groups is 1. The first kappa shape index (κ1) is 15.5. The number of nitrogens with one attached hydrogen (secondary N) is 2. The van der Waals surface area contributed by atoms with Gasteiger partial charge < -0.3 is 10.2 Å². The Balaban J connectivity index is 1.58. The molecule has 0 radical (unpaired) electrons. The zero-order valence-corrected chi connectivity index (χ0v) is 12.9. The normalized spacial score (nSPS) is 10.6. The molecular weight excluding hydrogens is 284 g/mol. The lowest BCUT2D eigenvalue weighted by molar-refractivity contribution is 0.250. The van der Waals surface area contributed by atoms with E-state index in [9.17, 15) is 4.79 Å². The van der Waals surface area contributed by atoms with Crippen LogP contribution in [0.4, 0.5) is 9.93 Å². The van der Waals surface area contributed by atoms with Crippen LogP contribution in [0.15, 0.2) is 41.9 Å². The highest BCUT2D eigenvalue weighted by Crippen LogP contribution is 2.09. The van der Waals surface area contributed by atoms with Crippen molar-refractivity contribution in [3.63, 3.8) is 0 Å². The molecule has 2 amide bonds. The lowest BCUT2D eigenvalue weighted by Gasteiger charge is -2.16. The Morgan fingerprint density at radius 1 is 1.33 bits per heavy atom. The molecule has 0 saturated carbocycles. The maximum absolute atomic E-state index is 11.6. The largest absolute Gasteiger partial charge is 0.338 e. The van der Waals surface area contributed by atoms with Gasteiger partial charge in [-0.1, -0.05) is 30.3 Å². The molecule has 2 aromatic rings. The van der Waals surface area contributed by atoms with Crippen molar-refractivity contribution in [1.82, 2.24) is 15.2 Å². The second kappa shape index (κ2) is 8.39. The van der Waals surface area contributed by atoms with Crippen LogP contribution in [-0.2, 0) is 6.54 Å². The number of nitrogens with zero attached hydrogens (tertiary/aromatic N) is 2. The molecule has 0 aliphatic heterocycles. The van der Waals surface area contributed by atoms with E-state index >= 15 is 0 Å². The molecule has 2 N–H and O–H groups in total. The first-order valence-electron chi connectivity index (χ1n) is 6.91. The molecule has 5 nitrogen and oxygen atoms in total. The fourth-order valence-corrected chi connectivity index (χ4v) is 2.48.